The minimum Gasteiger partial charge on any atom is -0.477 e. The van der Waals surface area contributed by atoms with Gasteiger partial charge in [-0.15, -0.1) is 0 Å². The average molecular weight is 396 g/mol. The minimum absolute atomic E-state index is 0.182. The molecule has 0 amide bonds. The van der Waals surface area contributed by atoms with Crippen molar-refractivity contribution < 1.29 is 4.74 Å². The van der Waals surface area contributed by atoms with Gasteiger partial charge >= 0.3 is 0 Å². The second-order valence-electron chi connectivity index (χ2n) is 5.01. The summed E-state index contributed by atoms with van der Waals surface area (Å²) < 4.78 is 5.06. The first-order valence-electron chi connectivity index (χ1n) is 9.19. The first kappa shape index (κ1) is 27.8. The summed E-state index contributed by atoms with van der Waals surface area (Å²) in [6.07, 6.45) is 3.70. The van der Waals surface area contributed by atoms with Crippen molar-refractivity contribution in [1.82, 2.24) is 0 Å². The maximum atomic E-state index is 8.24. The molecule has 0 aliphatic carbocycles. The van der Waals surface area contributed by atoms with Gasteiger partial charge in [0, 0.05) is 18.1 Å². The van der Waals surface area contributed by atoms with Crippen molar-refractivity contribution in [2.75, 3.05) is 13.7 Å². The highest BCUT2D eigenvalue weighted by Crippen LogP contribution is 2.11. The van der Waals surface area contributed by atoms with Crippen LogP contribution in [0.15, 0.2) is 60.7 Å². The Hall–Kier alpha value is -3.38. The largest absolute Gasteiger partial charge is 0.477 e. The molecule has 0 heterocycles. The van der Waals surface area contributed by atoms with Crippen molar-refractivity contribution in [2.45, 2.75) is 20.8 Å². The highest BCUT2D eigenvalue weighted by Gasteiger charge is 2.10. The topological polar surface area (TPSA) is 131 Å². The quantitative estimate of drug-likeness (QED) is 0.347. The van der Waals surface area contributed by atoms with E-state index in [0.29, 0.717) is 12.2 Å². The summed E-state index contributed by atoms with van der Waals surface area (Å²) in [5, 5.41) is 29.1. The normalized spacial score (nSPS) is 8.86. The van der Waals surface area contributed by atoms with Gasteiger partial charge < -0.3 is 15.9 Å². The number of hydrogen-bond acceptors (Lipinski definition) is 6. The number of ether oxygens (including phenoxy) is 1. The van der Waals surface area contributed by atoms with Gasteiger partial charge in [-0.1, -0.05) is 68.5 Å². The maximum absolute atomic E-state index is 8.24. The summed E-state index contributed by atoms with van der Waals surface area (Å²) in [5.74, 6) is 0.182. The molecule has 0 fully saturated rings. The Balaban J connectivity index is 0. The summed E-state index contributed by atoms with van der Waals surface area (Å²) in [7, 11) is 1.50. The molecule has 0 aliphatic heterocycles. The average Bonchev–Trinajstić information content (AvgIpc) is 2.80. The van der Waals surface area contributed by atoms with Gasteiger partial charge in [0.2, 0.25) is 0 Å². The van der Waals surface area contributed by atoms with Crippen molar-refractivity contribution in [3.05, 3.63) is 77.4 Å². The monoisotopic (exact) mass is 395 g/mol. The molecule has 0 saturated heterocycles. The van der Waals surface area contributed by atoms with Crippen LogP contribution in [0.25, 0.3) is 6.08 Å². The lowest BCUT2D eigenvalue weighted by molar-refractivity contribution is 0.345. The molecule has 0 radical (unpaired) electrons. The van der Waals surface area contributed by atoms with Crippen molar-refractivity contribution in [3.63, 3.8) is 0 Å². The van der Waals surface area contributed by atoms with E-state index < -0.39 is 0 Å². The van der Waals surface area contributed by atoms with Crippen LogP contribution in [0.4, 0.5) is 0 Å². The van der Waals surface area contributed by atoms with Gasteiger partial charge in [0.25, 0.3) is 0 Å². The number of nitrogens with one attached hydrogen (secondary N) is 4. The standard InChI is InChI=1S/C19H19N3O.C2H6.CH5N.CH3N/c1-14(20)23-12-6-8-15-7-5-11-17(13-15)19(22)18(21)16-9-3-2-4-10-16;3*1-2/h2-11,13,20-22H,12H2,1H3;1-2H3;2H2,1H3;2H,1H2/b8-6+,20-14?,21-18?,22-19?;;;. The molecule has 156 valence electrons. The summed E-state index contributed by atoms with van der Waals surface area (Å²) in [4.78, 5) is 0. The third-order valence-electron chi connectivity index (χ3n) is 3.19. The molecule has 6 N–H and O–H groups in total. The first-order chi connectivity index (χ1) is 14.1. The van der Waals surface area contributed by atoms with E-state index in [1.165, 1.54) is 7.05 Å². The lowest BCUT2D eigenvalue weighted by Gasteiger charge is -2.07. The van der Waals surface area contributed by atoms with Gasteiger partial charge in [-0.25, -0.2) is 0 Å². The Labute approximate surface area is 174 Å². The third-order valence-corrected chi connectivity index (χ3v) is 3.19. The Morgan fingerprint density at radius 1 is 0.897 bits per heavy atom. The van der Waals surface area contributed by atoms with Gasteiger partial charge in [-0.2, -0.15) is 0 Å². The van der Waals surface area contributed by atoms with E-state index in [9.17, 15) is 0 Å². The molecule has 0 spiro atoms. The summed E-state index contributed by atoms with van der Waals surface area (Å²) in [6.45, 7) is 8.43. The molecule has 0 saturated carbocycles. The zero-order valence-corrected chi connectivity index (χ0v) is 17.8. The van der Waals surface area contributed by atoms with Crippen LogP contribution in [-0.4, -0.2) is 37.7 Å². The van der Waals surface area contributed by atoms with Gasteiger partial charge in [0.05, 0.1) is 11.4 Å². The van der Waals surface area contributed by atoms with E-state index in [2.05, 4.69) is 12.5 Å². The van der Waals surface area contributed by atoms with Crippen molar-refractivity contribution in [3.8, 4) is 0 Å². The van der Waals surface area contributed by atoms with Crippen LogP contribution in [0.5, 0.6) is 0 Å². The zero-order chi connectivity index (χ0) is 22.7. The number of nitrogens with two attached hydrogens (primary N) is 1. The van der Waals surface area contributed by atoms with Crippen molar-refractivity contribution in [2.24, 2.45) is 5.73 Å². The zero-order valence-electron chi connectivity index (χ0n) is 17.8. The molecule has 0 atom stereocenters. The summed E-state index contributed by atoms with van der Waals surface area (Å²) in [6, 6.07) is 16.8. The van der Waals surface area contributed by atoms with Gasteiger partial charge in [0.1, 0.15) is 6.61 Å². The van der Waals surface area contributed by atoms with E-state index in [0.717, 1.165) is 11.1 Å². The van der Waals surface area contributed by atoms with Crippen LogP contribution < -0.4 is 5.73 Å². The highest BCUT2D eigenvalue weighted by atomic mass is 16.5. The number of hydrogen-bond donors (Lipinski definition) is 5. The van der Waals surface area contributed by atoms with Crippen LogP contribution in [0, 0.1) is 21.6 Å². The molecule has 0 bridgehead atoms. The van der Waals surface area contributed by atoms with E-state index in [-0.39, 0.29) is 17.3 Å². The summed E-state index contributed by atoms with van der Waals surface area (Å²) in [5.41, 5.74) is 7.25. The smallest absolute Gasteiger partial charge is 0.177 e. The van der Waals surface area contributed by atoms with Crippen LogP contribution in [0.2, 0.25) is 0 Å². The summed E-state index contributed by atoms with van der Waals surface area (Å²) >= 11 is 0. The first-order valence-corrected chi connectivity index (χ1v) is 9.19. The lowest BCUT2D eigenvalue weighted by Crippen LogP contribution is -2.14. The fourth-order valence-corrected chi connectivity index (χ4v) is 2.05. The third kappa shape index (κ3) is 11.1. The van der Waals surface area contributed by atoms with Crippen LogP contribution in [0.1, 0.15) is 37.5 Å². The predicted octanol–water partition coefficient (Wildman–Crippen LogP) is 5.02. The fourth-order valence-electron chi connectivity index (χ4n) is 2.05. The molecule has 0 unspecified atom stereocenters. The number of rotatable bonds is 6. The lowest BCUT2D eigenvalue weighted by atomic mass is 9.98. The van der Waals surface area contributed by atoms with E-state index >= 15 is 0 Å². The fraction of sp³-hybridized carbons (Fsp3) is 0.217. The second-order valence-corrected chi connectivity index (χ2v) is 5.01. The molecule has 2 aromatic carbocycles. The molecule has 2 aromatic rings. The highest BCUT2D eigenvalue weighted by molar-refractivity contribution is 6.51. The second kappa shape index (κ2) is 18.0. The Morgan fingerprint density at radius 2 is 1.41 bits per heavy atom. The molecule has 0 aliphatic rings. The minimum atomic E-state index is 0.182. The maximum Gasteiger partial charge on any atom is 0.177 e. The Bertz CT molecular complexity index is 770. The van der Waals surface area contributed by atoms with Crippen LogP contribution >= 0.6 is 0 Å². The Kier molecular flexibility index (Phi) is 17.3. The van der Waals surface area contributed by atoms with Crippen molar-refractivity contribution in [1.29, 1.82) is 21.6 Å². The SMILES string of the molecule is C=N.CC.CC(=N)OC/C=C/c1cccc(C(=N)C(=N)c2ccccc2)c1.CN. The molecular formula is C23H33N5O. The van der Waals surface area contributed by atoms with E-state index in [1.807, 2.05) is 80.6 Å². The van der Waals surface area contributed by atoms with Gasteiger partial charge in [-0.3, -0.25) is 16.2 Å². The van der Waals surface area contributed by atoms with Crippen LogP contribution in [-0.2, 0) is 4.74 Å². The van der Waals surface area contributed by atoms with Gasteiger partial charge in [0.15, 0.2) is 5.90 Å². The van der Waals surface area contributed by atoms with E-state index in [4.69, 9.17) is 26.4 Å². The number of benzene rings is 2. The molecule has 2 rings (SSSR count). The van der Waals surface area contributed by atoms with Crippen LogP contribution in [0.3, 0.4) is 0 Å². The molecule has 6 nitrogen and oxygen atoms in total. The molecular weight excluding hydrogens is 362 g/mol. The molecule has 6 heteroatoms. The van der Waals surface area contributed by atoms with Crippen molar-refractivity contribution >= 4 is 30.1 Å². The van der Waals surface area contributed by atoms with Gasteiger partial charge in [-0.05, 0) is 31.5 Å². The Morgan fingerprint density at radius 3 is 1.97 bits per heavy atom. The molecule has 0 aromatic heterocycles. The molecule has 29 heavy (non-hydrogen) atoms. The predicted molar refractivity (Wildman–Crippen MR) is 126 cm³/mol. The van der Waals surface area contributed by atoms with E-state index in [1.54, 1.807) is 6.92 Å².